The SMILES string of the molecule is CC(C)(C)N1CSc2nnc(-c3ccc(F)cc3)n2C1. The van der Waals surface area contributed by atoms with Crippen LogP contribution in [0.2, 0.25) is 0 Å². The highest BCUT2D eigenvalue weighted by molar-refractivity contribution is 7.99. The first-order valence-corrected chi connectivity index (χ1v) is 7.51. The van der Waals surface area contributed by atoms with Gasteiger partial charge in [0.2, 0.25) is 0 Å². The van der Waals surface area contributed by atoms with Crippen LogP contribution in [0, 0.1) is 5.82 Å². The van der Waals surface area contributed by atoms with Crippen LogP contribution in [0.15, 0.2) is 29.4 Å². The van der Waals surface area contributed by atoms with Gasteiger partial charge in [0.05, 0.1) is 12.5 Å². The predicted molar refractivity (Wildman–Crippen MR) is 77.7 cm³/mol. The zero-order valence-corrected chi connectivity index (χ0v) is 12.6. The fourth-order valence-corrected chi connectivity index (χ4v) is 3.23. The van der Waals surface area contributed by atoms with E-state index in [1.165, 1.54) is 12.1 Å². The summed E-state index contributed by atoms with van der Waals surface area (Å²) in [6.07, 6.45) is 0. The van der Waals surface area contributed by atoms with Gasteiger partial charge in [0.25, 0.3) is 0 Å². The molecule has 2 heterocycles. The van der Waals surface area contributed by atoms with Crippen LogP contribution in [0.3, 0.4) is 0 Å². The molecule has 0 bridgehead atoms. The minimum atomic E-state index is -0.238. The van der Waals surface area contributed by atoms with Crippen molar-refractivity contribution in [3.8, 4) is 11.4 Å². The van der Waals surface area contributed by atoms with Gasteiger partial charge in [-0.2, -0.15) is 0 Å². The van der Waals surface area contributed by atoms with Gasteiger partial charge >= 0.3 is 0 Å². The molecule has 0 unspecified atom stereocenters. The lowest BCUT2D eigenvalue weighted by Crippen LogP contribution is -2.44. The summed E-state index contributed by atoms with van der Waals surface area (Å²) in [4.78, 5) is 2.36. The van der Waals surface area contributed by atoms with Crippen LogP contribution in [0.25, 0.3) is 11.4 Å². The molecule has 0 N–H and O–H groups in total. The molecule has 6 heteroatoms. The van der Waals surface area contributed by atoms with Gasteiger partial charge in [-0.1, -0.05) is 11.8 Å². The van der Waals surface area contributed by atoms with Crippen molar-refractivity contribution in [2.24, 2.45) is 0 Å². The van der Waals surface area contributed by atoms with Gasteiger partial charge in [0, 0.05) is 11.1 Å². The molecule has 4 nitrogen and oxygen atoms in total. The highest BCUT2D eigenvalue weighted by Gasteiger charge is 2.28. The van der Waals surface area contributed by atoms with E-state index in [9.17, 15) is 4.39 Å². The molecule has 0 atom stereocenters. The molecular formula is C14H17FN4S. The van der Waals surface area contributed by atoms with Crippen molar-refractivity contribution in [3.05, 3.63) is 30.1 Å². The third-order valence-electron chi connectivity index (χ3n) is 3.43. The first-order chi connectivity index (χ1) is 9.45. The molecule has 0 spiro atoms. The zero-order chi connectivity index (χ0) is 14.3. The molecule has 1 aliphatic heterocycles. The number of aromatic nitrogens is 3. The first-order valence-electron chi connectivity index (χ1n) is 6.52. The van der Waals surface area contributed by atoms with E-state index in [0.29, 0.717) is 0 Å². The predicted octanol–water partition coefficient (Wildman–Crippen LogP) is 3.21. The van der Waals surface area contributed by atoms with Crippen LogP contribution in [-0.4, -0.2) is 31.1 Å². The van der Waals surface area contributed by atoms with E-state index in [0.717, 1.165) is 29.1 Å². The van der Waals surface area contributed by atoms with Crippen LogP contribution in [0.5, 0.6) is 0 Å². The number of benzene rings is 1. The van der Waals surface area contributed by atoms with E-state index in [4.69, 9.17) is 0 Å². The molecular weight excluding hydrogens is 275 g/mol. The average Bonchev–Trinajstić information content (AvgIpc) is 2.81. The molecule has 1 aromatic carbocycles. The Hall–Kier alpha value is -1.40. The smallest absolute Gasteiger partial charge is 0.193 e. The standard InChI is InChI=1S/C14H17FN4S/c1-14(2,3)18-8-19-12(16-17-13(19)20-9-18)10-4-6-11(15)7-5-10/h4-7H,8-9H2,1-3H3. The van der Waals surface area contributed by atoms with E-state index in [2.05, 4.69) is 40.4 Å². The largest absolute Gasteiger partial charge is 0.288 e. The molecule has 2 aromatic rings. The van der Waals surface area contributed by atoms with Crippen LogP contribution < -0.4 is 0 Å². The lowest BCUT2D eigenvalue weighted by Gasteiger charge is -2.38. The second-order valence-corrected chi connectivity index (χ2v) is 6.78. The van der Waals surface area contributed by atoms with Crippen molar-refractivity contribution in [2.75, 3.05) is 5.88 Å². The van der Waals surface area contributed by atoms with Crippen molar-refractivity contribution in [2.45, 2.75) is 38.1 Å². The van der Waals surface area contributed by atoms with E-state index in [1.54, 1.807) is 23.9 Å². The lowest BCUT2D eigenvalue weighted by atomic mass is 10.1. The van der Waals surface area contributed by atoms with Crippen LogP contribution in [-0.2, 0) is 6.67 Å². The van der Waals surface area contributed by atoms with Gasteiger partial charge < -0.3 is 0 Å². The van der Waals surface area contributed by atoms with Crippen molar-refractivity contribution in [1.29, 1.82) is 0 Å². The number of halogens is 1. The zero-order valence-electron chi connectivity index (χ0n) is 11.8. The maximum Gasteiger partial charge on any atom is 0.193 e. The van der Waals surface area contributed by atoms with Gasteiger partial charge in [0.1, 0.15) is 5.82 Å². The summed E-state index contributed by atoms with van der Waals surface area (Å²) >= 11 is 1.68. The quantitative estimate of drug-likeness (QED) is 0.808. The minimum Gasteiger partial charge on any atom is -0.288 e. The fraction of sp³-hybridized carbons (Fsp3) is 0.429. The molecule has 0 saturated heterocycles. The molecule has 0 radical (unpaired) electrons. The van der Waals surface area contributed by atoms with Crippen molar-refractivity contribution in [3.63, 3.8) is 0 Å². The first kappa shape index (κ1) is 13.6. The molecule has 1 aliphatic rings. The Kier molecular flexibility index (Phi) is 3.30. The Bertz CT molecular complexity index is 615. The molecule has 106 valence electrons. The topological polar surface area (TPSA) is 34.0 Å². The number of hydrogen-bond acceptors (Lipinski definition) is 4. The van der Waals surface area contributed by atoms with Crippen molar-refractivity contribution in [1.82, 2.24) is 19.7 Å². The molecule has 0 saturated carbocycles. The summed E-state index contributed by atoms with van der Waals surface area (Å²) in [5, 5.41) is 9.41. The second-order valence-electron chi connectivity index (χ2n) is 5.87. The minimum absolute atomic E-state index is 0.0923. The molecule has 0 amide bonds. The average molecular weight is 292 g/mol. The van der Waals surface area contributed by atoms with Gasteiger partial charge in [-0.3, -0.25) is 9.47 Å². The Labute approximate surface area is 122 Å². The van der Waals surface area contributed by atoms with E-state index >= 15 is 0 Å². The Balaban J connectivity index is 1.97. The number of nitrogens with zero attached hydrogens (tertiary/aromatic N) is 4. The molecule has 0 aliphatic carbocycles. The van der Waals surface area contributed by atoms with E-state index < -0.39 is 0 Å². The molecule has 20 heavy (non-hydrogen) atoms. The van der Waals surface area contributed by atoms with Gasteiger partial charge in [-0.25, -0.2) is 4.39 Å². The van der Waals surface area contributed by atoms with Crippen LogP contribution in [0.1, 0.15) is 20.8 Å². The Morgan fingerprint density at radius 3 is 2.50 bits per heavy atom. The molecule has 1 aromatic heterocycles. The normalized spacial score (nSPS) is 16.2. The highest BCUT2D eigenvalue weighted by Crippen LogP contribution is 2.32. The van der Waals surface area contributed by atoms with E-state index in [1.807, 2.05) is 0 Å². The third-order valence-corrected chi connectivity index (χ3v) is 4.43. The van der Waals surface area contributed by atoms with Crippen molar-refractivity contribution < 1.29 is 4.39 Å². The lowest BCUT2D eigenvalue weighted by molar-refractivity contribution is 0.115. The summed E-state index contributed by atoms with van der Waals surface area (Å²) in [6, 6.07) is 6.39. The van der Waals surface area contributed by atoms with Gasteiger partial charge in [0.15, 0.2) is 11.0 Å². The van der Waals surface area contributed by atoms with Gasteiger partial charge in [-0.05, 0) is 45.0 Å². The summed E-state index contributed by atoms with van der Waals surface area (Å²) in [6.45, 7) is 7.34. The summed E-state index contributed by atoms with van der Waals surface area (Å²) in [5.41, 5.74) is 0.983. The van der Waals surface area contributed by atoms with Crippen molar-refractivity contribution >= 4 is 11.8 Å². The summed E-state index contributed by atoms with van der Waals surface area (Å²) < 4.78 is 15.1. The van der Waals surface area contributed by atoms with Gasteiger partial charge in [-0.15, -0.1) is 10.2 Å². The Morgan fingerprint density at radius 1 is 1.15 bits per heavy atom. The maximum atomic E-state index is 13.0. The second kappa shape index (κ2) is 4.86. The maximum absolute atomic E-state index is 13.0. The van der Waals surface area contributed by atoms with Crippen LogP contribution >= 0.6 is 11.8 Å². The van der Waals surface area contributed by atoms with E-state index in [-0.39, 0.29) is 11.4 Å². The highest BCUT2D eigenvalue weighted by atomic mass is 32.2. The number of thioether (sulfide) groups is 1. The number of fused-ring (bicyclic) bond motifs is 1. The Morgan fingerprint density at radius 2 is 1.85 bits per heavy atom. The molecule has 0 fully saturated rings. The van der Waals surface area contributed by atoms with Crippen LogP contribution in [0.4, 0.5) is 4.39 Å². The summed E-state index contributed by atoms with van der Waals surface area (Å²) in [5.74, 6) is 1.46. The third kappa shape index (κ3) is 2.45. The number of rotatable bonds is 1. The summed E-state index contributed by atoms with van der Waals surface area (Å²) in [7, 11) is 0. The fourth-order valence-electron chi connectivity index (χ4n) is 2.09. The number of hydrogen-bond donors (Lipinski definition) is 0. The molecule has 3 rings (SSSR count). The monoisotopic (exact) mass is 292 g/mol.